The normalized spacial score (nSPS) is 13.2. The van der Waals surface area contributed by atoms with Crippen LogP contribution in [0.1, 0.15) is 16.3 Å². The summed E-state index contributed by atoms with van der Waals surface area (Å²) in [4.78, 5) is 35.6. The van der Waals surface area contributed by atoms with Crippen molar-refractivity contribution in [1.29, 1.82) is 0 Å². The van der Waals surface area contributed by atoms with Crippen LogP contribution in [0.2, 0.25) is 0 Å². The number of aromatic nitrogens is 3. The number of nitrogens with one attached hydrogen (secondary N) is 1. The Morgan fingerprint density at radius 1 is 0.932 bits per heavy atom. The molecule has 0 spiro atoms. The van der Waals surface area contributed by atoms with Crippen molar-refractivity contribution in [3.8, 4) is 34.1 Å². The number of morpholine rings is 1. The molecule has 1 aliphatic heterocycles. The first-order valence-corrected chi connectivity index (χ1v) is 14.0. The topological polar surface area (TPSA) is 126 Å². The molecule has 44 heavy (non-hydrogen) atoms. The summed E-state index contributed by atoms with van der Waals surface area (Å²) in [5.74, 6) is 1.61. The lowest BCUT2D eigenvalue weighted by Crippen LogP contribution is -2.51. The molecule has 1 N–H and O–H groups in total. The maximum atomic E-state index is 14.3. The van der Waals surface area contributed by atoms with E-state index in [1.54, 1.807) is 35.3 Å². The van der Waals surface area contributed by atoms with Crippen molar-refractivity contribution in [3.63, 3.8) is 0 Å². The van der Waals surface area contributed by atoms with Crippen LogP contribution in [0.5, 0.6) is 23.0 Å². The smallest absolute Gasteiger partial charge is 0.357 e. The lowest BCUT2D eigenvalue weighted by Gasteiger charge is -2.33. The van der Waals surface area contributed by atoms with Gasteiger partial charge in [0.15, 0.2) is 17.2 Å². The molecular weight excluding hydrogens is 568 g/mol. The lowest BCUT2D eigenvalue weighted by molar-refractivity contribution is 0.0580. The van der Waals surface area contributed by atoms with Crippen molar-refractivity contribution in [3.05, 3.63) is 76.5 Å². The maximum absolute atomic E-state index is 14.3. The lowest BCUT2D eigenvalue weighted by atomic mass is 9.96. The summed E-state index contributed by atoms with van der Waals surface area (Å²) in [5, 5.41) is 2.65. The number of H-pyrrole nitrogens is 1. The van der Waals surface area contributed by atoms with Gasteiger partial charge in [0.1, 0.15) is 18.2 Å². The molecule has 0 amide bonds. The number of methoxy groups -OCH3 is 4. The van der Waals surface area contributed by atoms with Crippen LogP contribution >= 0.6 is 0 Å². The van der Waals surface area contributed by atoms with Crippen LogP contribution in [-0.2, 0) is 16.1 Å². The summed E-state index contributed by atoms with van der Waals surface area (Å²) in [7, 11) is 5.83. The van der Waals surface area contributed by atoms with Crippen molar-refractivity contribution in [2.75, 3.05) is 59.8 Å². The van der Waals surface area contributed by atoms with Crippen LogP contribution < -0.4 is 29.5 Å². The molecule has 0 bridgehead atoms. The average molecular weight is 601 g/mol. The standard InChI is InChI=1S/C32H32N4O8/c1-39-25-15-19(16-26(40-2)30(25)41-3)28-21-10-9-20(44-18-27-33-23-7-5-6-8-24(23)34-27)17-22(21)31(37)36(29(28)32(38)42-4)35-11-13-43-14-12-35/h5-10,15-17H,11-14,18H2,1-4H3,(H,33,34). The number of para-hydroxylation sites is 2. The number of fused-ring (bicyclic) bond motifs is 2. The van der Waals surface area contributed by atoms with Crippen molar-refractivity contribution >= 4 is 27.8 Å². The number of hydrogen-bond donors (Lipinski definition) is 1. The number of ether oxygens (including phenoxy) is 6. The number of hydrogen-bond acceptors (Lipinski definition) is 10. The van der Waals surface area contributed by atoms with Gasteiger partial charge in [0.25, 0.3) is 5.56 Å². The number of pyridine rings is 1. The second-order valence-corrected chi connectivity index (χ2v) is 10.0. The minimum absolute atomic E-state index is 0.0668. The fraction of sp³-hybridized carbons (Fsp3) is 0.281. The molecule has 1 saturated heterocycles. The van der Waals surface area contributed by atoms with Gasteiger partial charge in [0.05, 0.1) is 71.2 Å². The van der Waals surface area contributed by atoms with E-state index in [0.29, 0.717) is 77.0 Å². The molecule has 5 aromatic rings. The van der Waals surface area contributed by atoms with Gasteiger partial charge in [-0.05, 0) is 53.4 Å². The predicted molar refractivity (Wildman–Crippen MR) is 164 cm³/mol. The summed E-state index contributed by atoms with van der Waals surface area (Å²) in [6.07, 6.45) is 0. The van der Waals surface area contributed by atoms with E-state index in [9.17, 15) is 9.59 Å². The Morgan fingerprint density at radius 2 is 1.66 bits per heavy atom. The second-order valence-electron chi connectivity index (χ2n) is 10.0. The van der Waals surface area contributed by atoms with Gasteiger partial charge in [-0.3, -0.25) is 4.79 Å². The summed E-state index contributed by atoms with van der Waals surface area (Å²) in [6, 6.07) is 16.4. The minimum atomic E-state index is -0.676. The Balaban J connectivity index is 1.56. The molecule has 0 unspecified atom stereocenters. The second kappa shape index (κ2) is 12.2. The number of carbonyl (C=O) groups excluding carboxylic acids is 1. The number of esters is 1. The van der Waals surface area contributed by atoms with Crippen molar-refractivity contribution in [2.24, 2.45) is 0 Å². The third-order valence-corrected chi connectivity index (χ3v) is 7.55. The van der Waals surface area contributed by atoms with E-state index < -0.39 is 11.5 Å². The highest BCUT2D eigenvalue weighted by Gasteiger charge is 2.29. The molecule has 0 aliphatic carbocycles. The van der Waals surface area contributed by atoms with Crippen molar-refractivity contribution in [1.82, 2.24) is 14.6 Å². The summed E-state index contributed by atoms with van der Waals surface area (Å²) >= 11 is 0. The van der Waals surface area contributed by atoms with E-state index in [4.69, 9.17) is 28.4 Å². The number of imidazole rings is 1. The monoisotopic (exact) mass is 600 g/mol. The zero-order valence-electron chi connectivity index (χ0n) is 24.8. The van der Waals surface area contributed by atoms with Gasteiger partial charge in [0, 0.05) is 5.56 Å². The van der Waals surface area contributed by atoms with Crippen LogP contribution in [0, 0.1) is 0 Å². The number of nitrogens with zero attached hydrogens (tertiary/aromatic N) is 3. The van der Waals surface area contributed by atoms with Crippen molar-refractivity contribution in [2.45, 2.75) is 6.61 Å². The SMILES string of the molecule is COC(=O)c1c(-c2cc(OC)c(OC)c(OC)c2)c2ccc(OCc3nc4ccccc4[nH]3)cc2c(=O)n1N1CCOCC1. The van der Waals surface area contributed by atoms with E-state index in [2.05, 4.69) is 9.97 Å². The first kappa shape index (κ1) is 28.9. The van der Waals surface area contributed by atoms with Gasteiger partial charge in [-0.15, -0.1) is 0 Å². The average Bonchev–Trinajstić information content (AvgIpc) is 3.49. The Morgan fingerprint density at radius 3 is 2.32 bits per heavy atom. The van der Waals surface area contributed by atoms with Gasteiger partial charge in [-0.1, -0.05) is 12.1 Å². The molecule has 2 aromatic heterocycles. The molecular formula is C32H32N4O8. The van der Waals surface area contributed by atoms with Crippen LogP contribution in [-0.4, -0.2) is 75.4 Å². The van der Waals surface area contributed by atoms with Crippen LogP contribution in [0.15, 0.2) is 59.4 Å². The first-order valence-electron chi connectivity index (χ1n) is 14.0. The zero-order valence-corrected chi connectivity index (χ0v) is 24.8. The van der Waals surface area contributed by atoms with Gasteiger partial charge < -0.3 is 38.4 Å². The summed E-state index contributed by atoms with van der Waals surface area (Å²) in [5.41, 5.74) is 2.43. The molecule has 12 heteroatoms. The van der Waals surface area contributed by atoms with Crippen LogP contribution in [0.4, 0.5) is 0 Å². The van der Waals surface area contributed by atoms with E-state index in [0.717, 1.165) is 11.0 Å². The van der Waals surface area contributed by atoms with Crippen LogP contribution in [0.3, 0.4) is 0 Å². The molecule has 0 radical (unpaired) electrons. The van der Waals surface area contributed by atoms with E-state index in [-0.39, 0.29) is 12.3 Å². The molecule has 12 nitrogen and oxygen atoms in total. The minimum Gasteiger partial charge on any atom is -0.493 e. The third-order valence-electron chi connectivity index (χ3n) is 7.55. The third kappa shape index (κ3) is 5.13. The fourth-order valence-electron chi connectivity index (χ4n) is 5.51. The molecule has 0 atom stereocenters. The molecule has 1 aliphatic rings. The Hall–Kier alpha value is -5.23. The zero-order chi connectivity index (χ0) is 30.8. The quantitative estimate of drug-likeness (QED) is 0.249. The fourth-order valence-corrected chi connectivity index (χ4v) is 5.51. The summed E-state index contributed by atoms with van der Waals surface area (Å²) in [6.45, 7) is 1.74. The van der Waals surface area contributed by atoms with Gasteiger partial charge in [0.2, 0.25) is 5.75 Å². The molecule has 228 valence electrons. The Bertz CT molecular complexity index is 1850. The van der Waals surface area contributed by atoms with E-state index in [1.807, 2.05) is 24.3 Å². The highest BCUT2D eigenvalue weighted by Crippen LogP contribution is 2.43. The number of carbonyl (C=O) groups is 1. The van der Waals surface area contributed by atoms with Crippen molar-refractivity contribution < 1.29 is 33.2 Å². The Kier molecular flexibility index (Phi) is 7.99. The number of rotatable bonds is 9. The molecule has 3 heterocycles. The first-order chi connectivity index (χ1) is 21.5. The number of aromatic amines is 1. The highest BCUT2D eigenvalue weighted by molar-refractivity contribution is 6.07. The van der Waals surface area contributed by atoms with Gasteiger partial charge in [-0.2, -0.15) is 0 Å². The van der Waals surface area contributed by atoms with Gasteiger partial charge >= 0.3 is 5.97 Å². The molecule has 6 rings (SSSR count). The largest absolute Gasteiger partial charge is 0.493 e. The number of benzene rings is 3. The van der Waals surface area contributed by atoms with E-state index >= 15 is 0 Å². The maximum Gasteiger partial charge on any atom is 0.357 e. The van der Waals surface area contributed by atoms with Crippen LogP contribution in [0.25, 0.3) is 32.9 Å². The Labute approximate surface area is 252 Å². The molecule has 0 saturated carbocycles. The predicted octanol–water partition coefficient (Wildman–Crippen LogP) is 3.90. The molecule has 3 aromatic carbocycles. The van der Waals surface area contributed by atoms with Gasteiger partial charge in [-0.25, -0.2) is 14.5 Å². The highest BCUT2D eigenvalue weighted by atomic mass is 16.5. The summed E-state index contributed by atoms with van der Waals surface area (Å²) < 4.78 is 35.0. The molecule has 1 fully saturated rings. The van der Waals surface area contributed by atoms with E-state index in [1.165, 1.54) is 33.1 Å².